The van der Waals surface area contributed by atoms with Gasteiger partial charge in [-0.25, -0.2) is 0 Å². The summed E-state index contributed by atoms with van der Waals surface area (Å²) in [7, 11) is 2.20. The summed E-state index contributed by atoms with van der Waals surface area (Å²) in [6.45, 7) is 6.22. The van der Waals surface area contributed by atoms with Gasteiger partial charge in [0.15, 0.2) is 0 Å². The Hall–Kier alpha value is -1.06. The number of ether oxygens (including phenoxy) is 1. The van der Waals surface area contributed by atoms with Crippen molar-refractivity contribution in [2.24, 2.45) is 0 Å². The van der Waals surface area contributed by atoms with E-state index in [0.29, 0.717) is 6.04 Å². The van der Waals surface area contributed by atoms with Gasteiger partial charge in [-0.3, -0.25) is 0 Å². The molecule has 0 saturated carbocycles. The van der Waals surface area contributed by atoms with Crippen molar-refractivity contribution >= 4 is 0 Å². The first-order valence-corrected chi connectivity index (χ1v) is 7.91. The summed E-state index contributed by atoms with van der Waals surface area (Å²) < 4.78 is 5.70. The van der Waals surface area contributed by atoms with Gasteiger partial charge in [-0.2, -0.15) is 0 Å². The third kappa shape index (κ3) is 5.14. The van der Waals surface area contributed by atoms with E-state index in [4.69, 9.17) is 4.74 Å². The van der Waals surface area contributed by atoms with Gasteiger partial charge in [-0.15, -0.1) is 0 Å². The second kappa shape index (κ2) is 8.28. The molecule has 1 heterocycles. The predicted molar refractivity (Wildman–Crippen MR) is 84.2 cm³/mol. The summed E-state index contributed by atoms with van der Waals surface area (Å²) in [5.41, 5.74) is 1.33. The largest absolute Gasteiger partial charge is 0.494 e. The number of likely N-dealkylation sites (N-methyl/N-ethyl adjacent to an activating group) is 1. The Morgan fingerprint density at radius 2 is 2.25 bits per heavy atom. The van der Waals surface area contributed by atoms with Gasteiger partial charge in [0.05, 0.1) is 6.61 Å². The molecule has 1 saturated heterocycles. The second-order valence-corrected chi connectivity index (χ2v) is 5.84. The molecular weight excluding hydrogens is 248 g/mol. The van der Waals surface area contributed by atoms with E-state index in [-0.39, 0.29) is 0 Å². The van der Waals surface area contributed by atoms with E-state index in [0.717, 1.165) is 31.9 Å². The molecule has 112 valence electrons. The van der Waals surface area contributed by atoms with Crippen molar-refractivity contribution in [1.29, 1.82) is 0 Å². The van der Waals surface area contributed by atoms with Crippen molar-refractivity contribution in [3.63, 3.8) is 0 Å². The molecule has 1 atom stereocenters. The zero-order chi connectivity index (χ0) is 14.2. The number of hydrogen-bond acceptors (Lipinski definition) is 3. The van der Waals surface area contributed by atoms with Crippen LogP contribution in [0.1, 0.15) is 38.2 Å². The van der Waals surface area contributed by atoms with Crippen LogP contribution >= 0.6 is 0 Å². The van der Waals surface area contributed by atoms with Crippen molar-refractivity contribution in [2.75, 3.05) is 26.7 Å². The predicted octanol–water partition coefficient (Wildman–Crippen LogP) is 3.05. The molecule has 0 radical (unpaired) electrons. The van der Waals surface area contributed by atoms with Crippen molar-refractivity contribution < 1.29 is 4.74 Å². The van der Waals surface area contributed by atoms with E-state index < -0.39 is 0 Å². The molecule has 0 aliphatic carbocycles. The van der Waals surface area contributed by atoms with Gasteiger partial charge in [0.2, 0.25) is 0 Å². The third-order valence-corrected chi connectivity index (χ3v) is 3.77. The molecule has 0 bridgehead atoms. The molecule has 2 rings (SSSR count). The van der Waals surface area contributed by atoms with Crippen LogP contribution in [-0.2, 0) is 6.54 Å². The normalized spacial score (nSPS) is 19.2. The van der Waals surface area contributed by atoms with E-state index >= 15 is 0 Å². The van der Waals surface area contributed by atoms with Crippen molar-refractivity contribution in [1.82, 2.24) is 10.2 Å². The molecule has 1 fully saturated rings. The van der Waals surface area contributed by atoms with Crippen LogP contribution in [0.5, 0.6) is 5.75 Å². The highest BCUT2D eigenvalue weighted by molar-refractivity contribution is 5.28. The summed E-state index contributed by atoms with van der Waals surface area (Å²) in [5.74, 6) is 0.994. The number of rotatable bonds is 7. The van der Waals surface area contributed by atoms with Gasteiger partial charge in [-0.1, -0.05) is 25.5 Å². The maximum atomic E-state index is 5.70. The molecule has 20 heavy (non-hydrogen) atoms. The average Bonchev–Trinajstić information content (AvgIpc) is 2.46. The highest BCUT2D eigenvalue weighted by atomic mass is 16.5. The maximum absolute atomic E-state index is 5.70. The number of piperidine rings is 1. The molecule has 3 nitrogen and oxygen atoms in total. The molecule has 0 aromatic heterocycles. The molecule has 0 spiro atoms. The van der Waals surface area contributed by atoms with Crippen LogP contribution in [0.25, 0.3) is 0 Å². The molecule has 1 aliphatic heterocycles. The topological polar surface area (TPSA) is 24.5 Å². The highest BCUT2D eigenvalue weighted by Crippen LogP contribution is 2.15. The SMILES string of the molecule is CCCOc1cccc(CN(C)CC2CCCCN2)c1. The fraction of sp³-hybridized carbons (Fsp3) is 0.647. The molecular formula is C17H28N2O. The Morgan fingerprint density at radius 3 is 3.00 bits per heavy atom. The van der Waals surface area contributed by atoms with Crippen LogP contribution in [0.3, 0.4) is 0 Å². The highest BCUT2D eigenvalue weighted by Gasteiger charge is 2.14. The van der Waals surface area contributed by atoms with Gasteiger partial charge in [0, 0.05) is 19.1 Å². The Bertz CT molecular complexity index is 388. The van der Waals surface area contributed by atoms with Crippen LogP contribution < -0.4 is 10.1 Å². The van der Waals surface area contributed by atoms with E-state index in [1.54, 1.807) is 0 Å². The minimum atomic E-state index is 0.660. The number of benzene rings is 1. The van der Waals surface area contributed by atoms with Gasteiger partial charge >= 0.3 is 0 Å². The van der Waals surface area contributed by atoms with Gasteiger partial charge in [-0.05, 0) is 50.6 Å². The fourth-order valence-corrected chi connectivity index (χ4v) is 2.79. The van der Waals surface area contributed by atoms with Gasteiger partial charge < -0.3 is 15.0 Å². The number of nitrogens with one attached hydrogen (secondary N) is 1. The van der Waals surface area contributed by atoms with Crippen molar-refractivity contribution in [3.8, 4) is 5.75 Å². The summed E-state index contributed by atoms with van der Waals surface area (Å²) in [6, 6.07) is 9.15. The van der Waals surface area contributed by atoms with Gasteiger partial charge in [0.25, 0.3) is 0 Å². The van der Waals surface area contributed by atoms with Crippen LogP contribution in [0.15, 0.2) is 24.3 Å². The van der Waals surface area contributed by atoms with E-state index in [2.05, 4.69) is 42.4 Å². The van der Waals surface area contributed by atoms with Crippen LogP contribution in [-0.4, -0.2) is 37.7 Å². The zero-order valence-corrected chi connectivity index (χ0v) is 12.9. The Labute approximate surface area is 123 Å². The molecule has 0 amide bonds. The molecule has 1 aromatic carbocycles. The quantitative estimate of drug-likeness (QED) is 0.828. The van der Waals surface area contributed by atoms with Crippen LogP contribution in [0.4, 0.5) is 0 Å². The lowest BCUT2D eigenvalue weighted by atomic mass is 10.0. The molecule has 1 aliphatic rings. The smallest absolute Gasteiger partial charge is 0.119 e. The first-order valence-electron chi connectivity index (χ1n) is 7.91. The molecule has 3 heteroatoms. The number of hydrogen-bond donors (Lipinski definition) is 1. The average molecular weight is 276 g/mol. The monoisotopic (exact) mass is 276 g/mol. The maximum Gasteiger partial charge on any atom is 0.119 e. The summed E-state index contributed by atoms with van der Waals surface area (Å²) in [4.78, 5) is 2.40. The van der Waals surface area contributed by atoms with Crippen LogP contribution in [0.2, 0.25) is 0 Å². The van der Waals surface area contributed by atoms with E-state index in [1.807, 2.05) is 6.07 Å². The van der Waals surface area contributed by atoms with E-state index in [1.165, 1.54) is 31.4 Å². The van der Waals surface area contributed by atoms with Crippen molar-refractivity contribution in [3.05, 3.63) is 29.8 Å². The lowest BCUT2D eigenvalue weighted by Crippen LogP contribution is -2.42. The molecule has 1 unspecified atom stereocenters. The lowest BCUT2D eigenvalue weighted by Gasteiger charge is -2.28. The Kier molecular flexibility index (Phi) is 6.34. The Balaban J connectivity index is 1.81. The summed E-state index contributed by atoms with van der Waals surface area (Å²) >= 11 is 0. The number of nitrogens with zero attached hydrogens (tertiary/aromatic N) is 1. The first-order chi connectivity index (χ1) is 9.78. The summed E-state index contributed by atoms with van der Waals surface area (Å²) in [6.07, 6.45) is 5.06. The third-order valence-electron chi connectivity index (χ3n) is 3.77. The minimum absolute atomic E-state index is 0.660. The van der Waals surface area contributed by atoms with Crippen LogP contribution in [0, 0.1) is 0 Å². The zero-order valence-electron chi connectivity index (χ0n) is 12.9. The molecule has 1 N–H and O–H groups in total. The first kappa shape index (κ1) is 15.3. The molecule has 1 aromatic rings. The lowest BCUT2D eigenvalue weighted by molar-refractivity contribution is 0.256. The Morgan fingerprint density at radius 1 is 1.35 bits per heavy atom. The minimum Gasteiger partial charge on any atom is -0.494 e. The standard InChI is InChI=1S/C17H28N2O/c1-3-11-20-17-9-6-7-15(12-17)13-19(2)14-16-8-4-5-10-18-16/h6-7,9,12,16,18H,3-5,8,10-11,13-14H2,1-2H3. The second-order valence-electron chi connectivity index (χ2n) is 5.84. The van der Waals surface area contributed by atoms with Gasteiger partial charge in [0.1, 0.15) is 5.75 Å². The fourth-order valence-electron chi connectivity index (χ4n) is 2.79. The van der Waals surface area contributed by atoms with Crippen molar-refractivity contribution in [2.45, 2.75) is 45.2 Å². The van der Waals surface area contributed by atoms with E-state index in [9.17, 15) is 0 Å². The summed E-state index contributed by atoms with van der Waals surface area (Å²) in [5, 5.41) is 3.61.